The van der Waals surface area contributed by atoms with E-state index in [2.05, 4.69) is 0 Å². The summed E-state index contributed by atoms with van der Waals surface area (Å²) in [6.45, 7) is 4.13. The van der Waals surface area contributed by atoms with Crippen LogP contribution >= 0.6 is 0 Å². The molecule has 5 nitrogen and oxygen atoms in total. The third kappa shape index (κ3) is 2.13. The van der Waals surface area contributed by atoms with Crippen molar-refractivity contribution in [2.75, 3.05) is 13.7 Å². The van der Waals surface area contributed by atoms with E-state index in [0.29, 0.717) is 23.9 Å². The average Bonchev–Trinajstić information content (AvgIpc) is 2.25. The van der Waals surface area contributed by atoms with Gasteiger partial charge in [-0.25, -0.2) is 4.79 Å². The van der Waals surface area contributed by atoms with E-state index >= 15 is 0 Å². The largest absolute Gasteiger partial charge is 0.493 e. The minimum Gasteiger partial charge on any atom is -0.493 e. The number of aromatic carboxylic acids is 1. The topological polar surface area (TPSA) is 65.0 Å². The number of carbonyl (C=O) groups is 1. The monoisotopic (exact) mass is 238 g/mol. The molecule has 0 radical (unpaired) electrons. The Kier molecular flexibility index (Phi) is 2.61. The van der Waals surface area contributed by atoms with Gasteiger partial charge in [-0.15, -0.1) is 0 Å². The number of ether oxygens (including phenoxy) is 3. The molecular weight excluding hydrogens is 224 g/mol. The Hall–Kier alpha value is -1.91. The van der Waals surface area contributed by atoms with Crippen LogP contribution in [0.4, 0.5) is 0 Å². The second kappa shape index (κ2) is 3.84. The summed E-state index contributed by atoms with van der Waals surface area (Å²) in [7, 11) is 1.46. The third-order valence-corrected chi connectivity index (χ3v) is 2.44. The van der Waals surface area contributed by atoms with Gasteiger partial charge in [0.15, 0.2) is 11.5 Å². The zero-order chi connectivity index (χ0) is 12.6. The molecule has 5 heteroatoms. The minimum atomic E-state index is -1.03. The fourth-order valence-electron chi connectivity index (χ4n) is 1.64. The van der Waals surface area contributed by atoms with Crippen molar-refractivity contribution in [3.05, 3.63) is 17.7 Å². The highest BCUT2D eigenvalue weighted by Crippen LogP contribution is 2.43. The fraction of sp³-hybridized carbons (Fsp3) is 0.417. The summed E-state index contributed by atoms with van der Waals surface area (Å²) in [5.74, 6) is 0.198. The van der Waals surface area contributed by atoms with Crippen molar-refractivity contribution in [1.82, 2.24) is 0 Å². The molecule has 0 fully saturated rings. The minimum absolute atomic E-state index is 0.113. The number of carboxylic acids is 1. The Bertz CT molecular complexity index is 464. The van der Waals surface area contributed by atoms with Crippen molar-refractivity contribution in [3.8, 4) is 17.2 Å². The van der Waals surface area contributed by atoms with Crippen LogP contribution in [0.1, 0.15) is 24.2 Å². The van der Waals surface area contributed by atoms with Gasteiger partial charge in [0.1, 0.15) is 12.2 Å². The van der Waals surface area contributed by atoms with Crippen molar-refractivity contribution in [3.63, 3.8) is 0 Å². The maximum atomic E-state index is 11.0. The summed E-state index contributed by atoms with van der Waals surface area (Å²) < 4.78 is 16.3. The van der Waals surface area contributed by atoms with Gasteiger partial charge in [0.25, 0.3) is 0 Å². The second-order valence-electron chi connectivity index (χ2n) is 4.46. The van der Waals surface area contributed by atoms with Crippen molar-refractivity contribution < 1.29 is 24.1 Å². The number of hydrogen-bond acceptors (Lipinski definition) is 4. The van der Waals surface area contributed by atoms with Gasteiger partial charge in [0, 0.05) is 0 Å². The summed E-state index contributed by atoms with van der Waals surface area (Å²) in [5, 5.41) is 8.98. The molecule has 0 atom stereocenters. The van der Waals surface area contributed by atoms with Gasteiger partial charge >= 0.3 is 5.97 Å². The first-order valence-electron chi connectivity index (χ1n) is 5.20. The van der Waals surface area contributed by atoms with E-state index in [-0.39, 0.29) is 5.56 Å². The van der Waals surface area contributed by atoms with Crippen LogP contribution in [0.15, 0.2) is 12.1 Å². The summed E-state index contributed by atoms with van der Waals surface area (Å²) in [6, 6.07) is 2.87. The first-order valence-corrected chi connectivity index (χ1v) is 5.20. The lowest BCUT2D eigenvalue weighted by Crippen LogP contribution is -2.38. The molecule has 1 aliphatic heterocycles. The van der Waals surface area contributed by atoms with Crippen LogP contribution in [0.25, 0.3) is 0 Å². The average molecular weight is 238 g/mol. The standard InChI is InChI=1S/C12H14O5/c1-12(2)6-16-10-8(15-3)4-7(11(13)14)5-9(10)17-12/h4-5H,6H2,1-3H3,(H,13,14). The Morgan fingerprint density at radius 1 is 1.47 bits per heavy atom. The Balaban J connectivity index is 2.52. The summed E-state index contributed by atoms with van der Waals surface area (Å²) in [5.41, 5.74) is -0.364. The Morgan fingerprint density at radius 2 is 2.18 bits per heavy atom. The molecule has 1 aromatic carbocycles. The zero-order valence-corrected chi connectivity index (χ0v) is 9.94. The first kappa shape index (κ1) is 11.6. The van der Waals surface area contributed by atoms with E-state index < -0.39 is 11.6 Å². The predicted molar refractivity (Wildman–Crippen MR) is 60.2 cm³/mol. The predicted octanol–water partition coefficient (Wildman–Crippen LogP) is 1.94. The number of rotatable bonds is 2. The van der Waals surface area contributed by atoms with Gasteiger partial charge in [-0.2, -0.15) is 0 Å². The number of hydrogen-bond donors (Lipinski definition) is 1. The molecule has 0 aromatic heterocycles. The van der Waals surface area contributed by atoms with Gasteiger partial charge in [-0.3, -0.25) is 0 Å². The first-order chi connectivity index (χ1) is 7.93. The lowest BCUT2D eigenvalue weighted by atomic mass is 10.1. The SMILES string of the molecule is COc1cc(C(=O)O)cc2c1OCC(C)(C)O2. The van der Waals surface area contributed by atoms with E-state index in [9.17, 15) is 4.79 Å². The van der Waals surface area contributed by atoms with Crippen LogP contribution in [0.3, 0.4) is 0 Å². The van der Waals surface area contributed by atoms with E-state index in [1.54, 1.807) is 0 Å². The molecule has 1 N–H and O–H groups in total. The lowest BCUT2D eigenvalue weighted by molar-refractivity contribution is 0.0192. The molecule has 2 rings (SSSR count). The van der Waals surface area contributed by atoms with Crippen LogP contribution in [-0.4, -0.2) is 30.4 Å². The lowest BCUT2D eigenvalue weighted by Gasteiger charge is -2.33. The van der Waals surface area contributed by atoms with Gasteiger partial charge in [-0.1, -0.05) is 0 Å². The highest BCUT2D eigenvalue weighted by atomic mass is 16.6. The highest BCUT2D eigenvalue weighted by molar-refractivity contribution is 5.89. The summed E-state index contributed by atoms with van der Waals surface area (Å²) in [4.78, 5) is 11.0. The highest BCUT2D eigenvalue weighted by Gasteiger charge is 2.31. The number of methoxy groups -OCH3 is 1. The molecule has 92 valence electrons. The molecule has 1 aliphatic rings. The normalized spacial score (nSPS) is 16.4. The molecule has 0 saturated carbocycles. The van der Waals surface area contributed by atoms with Gasteiger partial charge < -0.3 is 19.3 Å². The fourth-order valence-corrected chi connectivity index (χ4v) is 1.64. The summed E-state index contributed by atoms with van der Waals surface area (Å²) >= 11 is 0. The quantitative estimate of drug-likeness (QED) is 0.853. The Morgan fingerprint density at radius 3 is 2.76 bits per heavy atom. The van der Waals surface area contributed by atoms with Crippen LogP contribution in [0, 0.1) is 0 Å². The van der Waals surface area contributed by atoms with Crippen LogP contribution in [0.2, 0.25) is 0 Å². The van der Waals surface area contributed by atoms with Gasteiger partial charge in [0.05, 0.1) is 12.7 Å². The van der Waals surface area contributed by atoms with Crippen molar-refractivity contribution in [2.45, 2.75) is 19.4 Å². The molecular formula is C12H14O5. The van der Waals surface area contributed by atoms with E-state index in [0.717, 1.165) is 0 Å². The van der Waals surface area contributed by atoms with Crippen molar-refractivity contribution >= 4 is 5.97 Å². The van der Waals surface area contributed by atoms with Gasteiger partial charge in [-0.05, 0) is 26.0 Å². The number of fused-ring (bicyclic) bond motifs is 1. The third-order valence-electron chi connectivity index (χ3n) is 2.44. The van der Waals surface area contributed by atoms with E-state index in [4.69, 9.17) is 19.3 Å². The molecule has 0 bridgehead atoms. The molecule has 0 aliphatic carbocycles. The second-order valence-corrected chi connectivity index (χ2v) is 4.46. The Labute approximate surface area is 98.9 Å². The van der Waals surface area contributed by atoms with Crippen molar-refractivity contribution in [1.29, 1.82) is 0 Å². The molecule has 1 heterocycles. The molecule has 1 aromatic rings. The van der Waals surface area contributed by atoms with Crippen LogP contribution in [0.5, 0.6) is 17.2 Å². The molecule has 0 saturated heterocycles. The molecule has 17 heavy (non-hydrogen) atoms. The maximum absolute atomic E-state index is 11.0. The van der Waals surface area contributed by atoms with Crippen LogP contribution in [-0.2, 0) is 0 Å². The van der Waals surface area contributed by atoms with E-state index in [1.165, 1.54) is 19.2 Å². The number of benzene rings is 1. The maximum Gasteiger partial charge on any atom is 0.335 e. The van der Waals surface area contributed by atoms with Crippen LogP contribution < -0.4 is 14.2 Å². The molecule has 0 unspecified atom stereocenters. The summed E-state index contributed by atoms with van der Waals surface area (Å²) in [6.07, 6.45) is 0. The van der Waals surface area contributed by atoms with E-state index in [1.807, 2.05) is 13.8 Å². The van der Waals surface area contributed by atoms with Gasteiger partial charge in [0.2, 0.25) is 5.75 Å². The van der Waals surface area contributed by atoms with Crippen molar-refractivity contribution in [2.24, 2.45) is 0 Å². The zero-order valence-electron chi connectivity index (χ0n) is 9.94. The number of carboxylic acid groups (broad SMARTS) is 1. The smallest absolute Gasteiger partial charge is 0.335 e. The molecule has 0 spiro atoms. The molecule has 0 amide bonds.